The molecule has 0 aliphatic carbocycles. The van der Waals surface area contributed by atoms with Crippen LogP contribution < -0.4 is 10.6 Å². The van der Waals surface area contributed by atoms with Gasteiger partial charge in [0.1, 0.15) is 0 Å². The predicted molar refractivity (Wildman–Crippen MR) is 77.0 cm³/mol. The van der Waals surface area contributed by atoms with E-state index >= 15 is 0 Å². The molecule has 0 aromatic carbocycles. The summed E-state index contributed by atoms with van der Waals surface area (Å²) in [6.07, 6.45) is 2.39. The number of nitrogens with zero attached hydrogens (tertiary/aromatic N) is 1. The Morgan fingerprint density at radius 3 is 2.88 bits per heavy atom. The van der Waals surface area contributed by atoms with Gasteiger partial charge in [0.25, 0.3) is 0 Å². The quantitative estimate of drug-likeness (QED) is 0.465. The van der Waals surface area contributed by atoms with Crippen molar-refractivity contribution in [1.29, 1.82) is 0 Å². The number of unbranched alkanes of at least 4 members (excludes halogenated alkanes) is 1. The van der Waals surface area contributed by atoms with E-state index in [2.05, 4.69) is 47.0 Å². The molecule has 0 saturated heterocycles. The summed E-state index contributed by atoms with van der Waals surface area (Å²) in [5, 5.41) is 8.80. The summed E-state index contributed by atoms with van der Waals surface area (Å²) < 4.78 is 0. The van der Waals surface area contributed by atoms with Crippen molar-refractivity contribution >= 4 is 17.3 Å². The second-order valence-corrected chi connectivity index (χ2v) is 5.13. The van der Waals surface area contributed by atoms with Gasteiger partial charge >= 0.3 is 0 Å². The maximum absolute atomic E-state index is 4.21. The average molecular weight is 253 g/mol. The molecule has 1 rings (SSSR count). The normalized spacial score (nSPS) is 13.5. The lowest BCUT2D eigenvalue weighted by molar-refractivity contribution is 0.691. The summed E-state index contributed by atoms with van der Waals surface area (Å²) in [4.78, 5) is 5.63. The van der Waals surface area contributed by atoms with Crippen molar-refractivity contribution in [2.24, 2.45) is 4.99 Å². The first-order chi connectivity index (χ1) is 8.27. The molecule has 17 heavy (non-hydrogen) atoms. The van der Waals surface area contributed by atoms with Crippen molar-refractivity contribution in [2.45, 2.75) is 32.6 Å². The zero-order valence-electron chi connectivity index (χ0n) is 11.0. The molecule has 2 N–H and O–H groups in total. The van der Waals surface area contributed by atoms with Crippen LogP contribution in [0.3, 0.4) is 0 Å². The van der Waals surface area contributed by atoms with E-state index in [0.29, 0.717) is 5.92 Å². The lowest BCUT2D eigenvalue weighted by Gasteiger charge is -2.14. The minimum atomic E-state index is 0.528. The highest BCUT2D eigenvalue weighted by molar-refractivity contribution is 7.10. The first-order valence-electron chi connectivity index (χ1n) is 6.25. The van der Waals surface area contributed by atoms with Gasteiger partial charge in [-0.05, 0) is 17.9 Å². The average Bonchev–Trinajstić information content (AvgIpc) is 2.87. The number of guanidine groups is 1. The number of thiophene rings is 1. The van der Waals surface area contributed by atoms with Crippen LogP contribution >= 0.6 is 11.3 Å². The smallest absolute Gasteiger partial charge is 0.190 e. The molecule has 0 bridgehead atoms. The van der Waals surface area contributed by atoms with Crippen LogP contribution in [0.2, 0.25) is 0 Å². The highest BCUT2D eigenvalue weighted by Gasteiger charge is 2.06. The Bertz CT molecular complexity index is 319. The van der Waals surface area contributed by atoms with E-state index in [1.165, 1.54) is 17.7 Å². The van der Waals surface area contributed by atoms with Crippen LogP contribution in [0.25, 0.3) is 0 Å². The maximum Gasteiger partial charge on any atom is 0.190 e. The molecule has 1 aromatic rings. The molecule has 1 heterocycles. The van der Waals surface area contributed by atoms with Crippen molar-refractivity contribution in [1.82, 2.24) is 10.6 Å². The molecular weight excluding hydrogens is 230 g/mol. The SMILES string of the molecule is CCCCNC(=NC)NCC(C)c1cccs1. The number of hydrogen-bond donors (Lipinski definition) is 2. The Kier molecular flexibility index (Phi) is 6.70. The van der Waals surface area contributed by atoms with Crippen LogP contribution in [-0.2, 0) is 0 Å². The van der Waals surface area contributed by atoms with E-state index in [0.717, 1.165) is 19.0 Å². The van der Waals surface area contributed by atoms with Gasteiger partial charge in [-0.2, -0.15) is 0 Å². The molecule has 0 spiro atoms. The highest BCUT2D eigenvalue weighted by atomic mass is 32.1. The Morgan fingerprint density at radius 1 is 1.47 bits per heavy atom. The Hall–Kier alpha value is -1.03. The highest BCUT2D eigenvalue weighted by Crippen LogP contribution is 2.19. The van der Waals surface area contributed by atoms with Crippen LogP contribution in [0.4, 0.5) is 0 Å². The number of hydrogen-bond acceptors (Lipinski definition) is 2. The lowest BCUT2D eigenvalue weighted by atomic mass is 10.1. The summed E-state index contributed by atoms with van der Waals surface area (Å²) in [6.45, 7) is 6.34. The fourth-order valence-electron chi connectivity index (χ4n) is 1.53. The summed E-state index contributed by atoms with van der Waals surface area (Å²) in [5.41, 5.74) is 0. The molecule has 1 atom stereocenters. The van der Waals surface area contributed by atoms with Gasteiger partial charge in [0, 0.05) is 30.9 Å². The molecule has 1 aromatic heterocycles. The summed E-state index contributed by atoms with van der Waals surface area (Å²) >= 11 is 1.81. The minimum absolute atomic E-state index is 0.528. The van der Waals surface area contributed by atoms with Crippen molar-refractivity contribution in [3.8, 4) is 0 Å². The molecule has 0 amide bonds. The van der Waals surface area contributed by atoms with E-state index < -0.39 is 0 Å². The predicted octanol–water partition coefficient (Wildman–Crippen LogP) is 2.82. The molecule has 0 fully saturated rings. The van der Waals surface area contributed by atoms with Crippen LogP contribution in [0.5, 0.6) is 0 Å². The lowest BCUT2D eigenvalue weighted by Crippen LogP contribution is -2.39. The third-order valence-corrected chi connectivity index (χ3v) is 3.75. The summed E-state index contributed by atoms with van der Waals surface area (Å²) in [7, 11) is 1.82. The summed E-state index contributed by atoms with van der Waals surface area (Å²) in [6, 6.07) is 4.29. The summed E-state index contributed by atoms with van der Waals surface area (Å²) in [5.74, 6) is 1.43. The largest absolute Gasteiger partial charge is 0.356 e. The Labute approximate surface area is 108 Å². The molecule has 4 heteroatoms. The third kappa shape index (κ3) is 5.22. The number of aliphatic imine (C=N–C) groups is 1. The van der Waals surface area contributed by atoms with Gasteiger partial charge in [0.15, 0.2) is 5.96 Å². The molecule has 3 nitrogen and oxygen atoms in total. The number of nitrogens with one attached hydrogen (secondary N) is 2. The fourth-order valence-corrected chi connectivity index (χ4v) is 2.31. The molecule has 0 saturated carbocycles. The van der Waals surface area contributed by atoms with Crippen molar-refractivity contribution in [3.63, 3.8) is 0 Å². The molecular formula is C13H23N3S. The van der Waals surface area contributed by atoms with Gasteiger partial charge in [-0.25, -0.2) is 0 Å². The second-order valence-electron chi connectivity index (χ2n) is 4.15. The first-order valence-corrected chi connectivity index (χ1v) is 7.13. The Morgan fingerprint density at radius 2 is 2.29 bits per heavy atom. The van der Waals surface area contributed by atoms with Gasteiger partial charge in [-0.15, -0.1) is 11.3 Å². The third-order valence-electron chi connectivity index (χ3n) is 2.65. The van der Waals surface area contributed by atoms with Gasteiger partial charge < -0.3 is 10.6 Å². The fraction of sp³-hybridized carbons (Fsp3) is 0.615. The molecule has 0 aliphatic heterocycles. The zero-order chi connectivity index (χ0) is 12.5. The maximum atomic E-state index is 4.21. The van der Waals surface area contributed by atoms with E-state index in [1.807, 2.05) is 18.4 Å². The topological polar surface area (TPSA) is 36.4 Å². The standard InChI is InChI=1S/C13H23N3S/c1-4-5-8-15-13(14-3)16-10-11(2)12-7-6-9-17-12/h6-7,9,11H,4-5,8,10H2,1-3H3,(H2,14,15,16). The van der Waals surface area contributed by atoms with E-state index in [4.69, 9.17) is 0 Å². The van der Waals surface area contributed by atoms with Gasteiger partial charge in [0.05, 0.1) is 0 Å². The van der Waals surface area contributed by atoms with Crippen molar-refractivity contribution < 1.29 is 0 Å². The second kappa shape index (κ2) is 8.12. The van der Waals surface area contributed by atoms with E-state index in [9.17, 15) is 0 Å². The van der Waals surface area contributed by atoms with Crippen molar-refractivity contribution in [2.75, 3.05) is 20.1 Å². The van der Waals surface area contributed by atoms with E-state index in [-0.39, 0.29) is 0 Å². The minimum Gasteiger partial charge on any atom is -0.356 e. The van der Waals surface area contributed by atoms with E-state index in [1.54, 1.807) is 0 Å². The van der Waals surface area contributed by atoms with Gasteiger partial charge in [-0.1, -0.05) is 26.3 Å². The van der Waals surface area contributed by atoms with Crippen LogP contribution in [0, 0.1) is 0 Å². The van der Waals surface area contributed by atoms with Crippen molar-refractivity contribution in [3.05, 3.63) is 22.4 Å². The molecule has 0 aliphatic rings. The van der Waals surface area contributed by atoms with Crippen LogP contribution in [-0.4, -0.2) is 26.1 Å². The monoisotopic (exact) mass is 253 g/mol. The van der Waals surface area contributed by atoms with Gasteiger partial charge in [0.2, 0.25) is 0 Å². The Balaban J connectivity index is 2.28. The first kappa shape index (κ1) is 14.0. The molecule has 96 valence electrons. The zero-order valence-corrected chi connectivity index (χ0v) is 11.8. The molecule has 1 unspecified atom stereocenters. The van der Waals surface area contributed by atoms with Crippen LogP contribution in [0.15, 0.2) is 22.5 Å². The van der Waals surface area contributed by atoms with Crippen LogP contribution in [0.1, 0.15) is 37.5 Å². The molecule has 0 radical (unpaired) electrons. The van der Waals surface area contributed by atoms with Gasteiger partial charge in [-0.3, -0.25) is 4.99 Å². The number of rotatable bonds is 6.